The quantitative estimate of drug-likeness (QED) is 0.509. The molecule has 3 N–H and O–H groups in total. The molecule has 9 nitrogen and oxygen atoms in total. The summed E-state index contributed by atoms with van der Waals surface area (Å²) in [5, 5.41) is 19.5. The molecule has 0 saturated heterocycles. The van der Waals surface area contributed by atoms with Crippen molar-refractivity contribution in [2.24, 2.45) is 0 Å². The van der Waals surface area contributed by atoms with E-state index in [1.54, 1.807) is 18.2 Å². The van der Waals surface area contributed by atoms with Crippen molar-refractivity contribution in [1.82, 2.24) is 10.2 Å². The highest BCUT2D eigenvalue weighted by Gasteiger charge is 2.21. The van der Waals surface area contributed by atoms with Crippen LogP contribution in [0.5, 0.6) is 11.5 Å². The standard InChI is InChI=1S/C19H19N3O6/c1-26-7-8-28-16-10-14(12(19(24)25)9-15(16)27-2)20-18(23)17-11-5-3-4-6-13(11)21-22-17/h3-6,9-10H,7-8H2,1-2H3,(H,20,23)(H,21,22)(H,24,25). The summed E-state index contributed by atoms with van der Waals surface area (Å²) in [4.78, 5) is 24.4. The number of carbonyl (C=O) groups is 2. The highest BCUT2D eigenvalue weighted by Crippen LogP contribution is 2.34. The summed E-state index contributed by atoms with van der Waals surface area (Å²) in [6.45, 7) is 0.571. The maximum absolute atomic E-state index is 12.7. The van der Waals surface area contributed by atoms with Gasteiger partial charge < -0.3 is 24.6 Å². The second kappa shape index (κ2) is 8.40. The van der Waals surface area contributed by atoms with E-state index in [9.17, 15) is 14.7 Å². The van der Waals surface area contributed by atoms with Gasteiger partial charge in [-0.05, 0) is 6.07 Å². The van der Waals surface area contributed by atoms with Gasteiger partial charge in [0.25, 0.3) is 5.91 Å². The first-order chi connectivity index (χ1) is 13.5. The number of carboxylic acid groups (broad SMARTS) is 1. The number of H-pyrrole nitrogens is 1. The highest BCUT2D eigenvalue weighted by atomic mass is 16.5. The Morgan fingerprint density at radius 2 is 1.93 bits per heavy atom. The van der Waals surface area contributed by atoms with Crippen molar-refractivity contribution in [2.75, 3.05) is 32.8 Å². The molecule has 0 spiro atoms. The van der Waals surface area contributed by atoms with Crippen molar-refractivity contribution in [3.8, 4) is 11.5 Å². The molecule has 1 aromatic heterocycles. The SMILES string of the molecule is COCCOc1cc(NC(=O)c2n[nH]c3ccccc23)c(C(=O)O)cc1OC. The van der Waals surface area contributed by atoms with Crippen LogP contribution in [0.3, 0.4) is 0 Å². The Morgan fingerprint density at radius 1 is 1.14 bits per heavy atom. The minimum atomic E-state index is -1.22. The van der Waals surface area contributed by atoms with E-state index in [1.807, 2.05) is 6.07 Å². The smallest absolute Gasteiger partial charge is 0.337 e. The van der Waals surface area contributed by atoms with Crippen molar-refractivity contribution in [1.29, 1.82) is 0 Å². The fourth-order valence-electron chi connectivity index (χ4n) is 2.67. The van der Waals surface area contributed by atoms with Crippen molar-refractivity contribution >= 4 is 28.5 Å². The van der Waals surface area contributed by atoms with Gasteiger partial charge in [-0.1, -0.05) is 18.2 Å². The molecule has 0 bridgehead atoms. The summed E-state index contributed by atoms with van der Waals surface area (Å²) in [5.41, 5.74) is 0.788. The number of nitrogens with zero attached hydrogens (tertiary/aromatic N) is 1. The molecule has 0 saturated carbocycles. The van der Waals surface area contributed by atoms with E-state index >= 15 is 0 Å². The predicted molar refractivity (Wildman–Crippen MR) is 101 cm³/mol. The number of carbonyl (C=O) groups excluding carboxylic acids is 1. The number of aromatic amines is 1. The third kappa shape index (κ3) is 3.89. The fraction of sp³-hybridized carbons (Fsp3) is 0.211. The lowest BCUT2D eigenvalue weighted by atomic mass is 10.1. The topological polar surface area (TPSA) is 123 Å². The van der Waals surface area contributed by atoms with Gasteiger partial charge in [-0.3, -0.25) is 9.89 Å². The minimum Gasteiger partial charge on any atom is -0.493 e. The highest BCUT2D eigenvalue weighted by molar-refractivity contribution is 6.13. The van der Waals surface area contributed by atoms with Crippen LogP contribution in [0.4, 0.5) is 5.69 Å². The minimum absolute atomic E-state index is 0.0674. The molecule has 1 amide bonds. The first-order valence-corrected chi connectivity index (χ1v) is 8.36. The number of rotatable bonds is 8. The monoisotopic (exact) mass is 385 g/mol. The Balaban J connectivity index is 1.95. The third-order valence-electron chi connectivity index (χ3n) is 4.01. The maximum Gasteiger partial charge on any atom is 0.337 e. The lowest BCUT2D eigenvalue weighted by Gasteiger charge is -2.15. The Labute approximate surface area is 160 Å². The summed E-state index contributed by atoms with van der Waals surface area (Å²) < 4.78 is 15.7. The zero-order valence-corrected chi connectivity index (χ0v) is 15.3. The van der Waals surface area contributed by atoms with Crippen LogP contribution in [-0.4, -0.2) is 54.6 Å². The van der Waals surface area contributed by atoms with Crippen LogP contribution in [0.25, 0.3) is 10.9 Å². The number of anilines is 1. The zero-order chi connectivity index (χ0) is 20.1. The predicted octanol–water partition coefficient (Wildman–Crippen LogP) is 2.55. The number of aromatic carboxylic acids is 1. The molecule has 146 valence electrons. The molecular weight excluding hydrogens is 366 g/mol. The van der Waals surface area contributed by atoms with Gasteiger partial charge >= 0.3 is 5.97 Å². The average molecular weight is 385 g/mol. The van der Waals surface area contributed by atoms with Crippen molar-refractivity contribution in [3.05, 3.63) is 47.7 Å². The van der Waals surface area contributed by atoms with Gasteiger partial charge in [0.1, 0.15) is 6.61 Å². The van der Waals surface area contributed by atoms with E-state index in [2.05, 4.69) is 15.5 Å². The Bertz CT molecular complexity index is 1010. The van der Waals surface area contributed by atoms with E-state index in [0.717, 1.165) is 0 Å². The van der Waals surface area contributed by atoms with Crippen molar-refractivity contribution in [3.63, 3.8) is 0 Å². The first-order valence-electron chi connectivity index (χ1n) is 8.36. The van der Waals surface area contributed by atoms with Gasteiger partial charge in [-0.25, -0.2) is 4.79 Å². The lowest BCUT2D eigenvalue weighted by molar-refractivity contribution is 0.0697. The van der Waals surface area contributed by atoms with Crippen LogP contribution in [0.1, 0.15) is 20.8 Å². The maximum atomic E-state index is 12.7. The molecule has 0 aliphatic heterocycles. The Hall–Kier alpha value is -3.59. The molecule has 0 aliphatic carbocycles. The summed E-state index contributed by atoms with van der Waals surface area (Å²) >= 11 is 0. The molecule has 28 heavy (non-hydrogen) atoms. The second-order valence-corrected chi connectivity index (χ2v) is 5.77. The van der Waals surface area contributed by atoms with Gasteiger partial charge in [0.15, 0.2) is 17.2 Å². The number of hydrogen-bond donors (Lipinski definition) is 3. The van der Waals surface area contributed by atoms with Crippen LogP contribution in [0, 0.1) is 0 Å². The summed E-state index contributed by atoms with van der Waals surface area (Å²) in [7, 11) is 2.94. The van der Waals surface area contributed by atoms with Crippen molar-refractivity contribution in [2.45, 2.75) is 0 Å². The molecule has 0 fully saturated rings. The Morgan fingerprint density at radius 3 is 2.64 bits per heavy atom. The van der Waals surface area contributed by atoms with Gasteiger partial charge in [0.05, 0.1) is 30.5 Å². The number of nitrogens with one attached hydrogen (secondary N) is 2. The molecule has 0 aliphatic rings. The number of carboxylic acids is 1. The third-order valence-corrected chi connectivity index (χ3v) is 4.01. The largest absolute Gasteiger partial charge is 0.493 e. The van der Waals surface area contributed by atoms with Crippen LogP contribution in [0.2, 0.25) is 0 Å². The van der Waals surface area contributed by atoms with Gasteiger partial charge in [-0.2, -0.15) is 5.10 Å². The van der Waals surface area contributed by atoms with Crippen LogP contribution >= 0.6 is 0 Å². The molecule has 0 radical (unpaired) electrons. The van der Waals surface area contributed by atoms with E-state index in [0.29, 0.717) is 17.5 Å². The molecule has 2 aromatic carbocycles. The number of ether oxygens (including phenoxy) is 3. The number of para-hydroxylation sites is 1. The fourth-order valence-corrected chi connectivity index (χ4v) is 2.67. The van der Waals surface area contributed by atoms with E-state index in [1.165, 1.54) is 26.4 Å². The van der Waals surface area contributed by atoms with E-state index < -0.39 is 11.9 Å². The molecule has 9 heteroatoms. The number of hydrogen-bond acceptors (Lipinski definition) is 6. The van der Waals surface area contributed by atoms with Gasteiger partial charge in [-0.15, -0.1) is 0 Å². The molecule has 0 atom stereocenters. The van der Waals surface area contributed by atoms with Crippen LogP contribution in [0.15, 0.2) is 36.4 Å². The molecular formula is C19H19N3O6. The molecule has 1 heterocycles. The normalized spacial score (nSPS) is 10.6. The number of amides is 1. The average Bonchev–Trinajstić information content (AvgIpc) is 3.12. The lowest BCUT2D eigenvalue weighted by Crippen LogP contribution is -2.16. The van der Waals surface area contributed by atoms with E-state index in [-0.39, 0.29) is 35.1 Å². The van der Waals surface area contributed by atoms with E-state index in [4.69, 9.17) is 14.2 Å². The van der Waals surface area contributed by atoms with Gasteiger partial charge in [0.2, 0.25) is 0 Å². The number of fused-ring (bicyclic) bond motifs is 1. The summed E-state index contributed by atoms with van der Waals surface area (Å²) in [6.07, 6.45) is 0. The van der Waals surface area contributed by atoms with Crippen LogP contribution < -0.4 is 14.8 Å². The molecule has 3 rings (SSSR count). The first kappa shape index (κ1) is 19.2. The summed E-state index contributed by atoms with van der Waals surface area (Å²) in [5.74, 6) is -1.25. The number of aromatic nitrogens is 2. The van der Waals surface area contributed by atoms with Crippen molar-refractivity contribution < 1.29 is 28.9 Å². The van der Waals surface area contributed by atoms with Crippen LogP contribution in [-0.2, 0) is 4.74 Å². The van der Waals surface area contributed by atoms with Gasteiger partial charge in [0, 0.05) is 24.6 Å². The Kier molecular flexibility index (Phi) is 5.75. The summed E-state index contributed by atoms with van der Waals surface area (Å²) in [6, 6.07) is 9.84. The molecule has 0 unspecified atom stereocenters. The second-order valence-electron chi connectivity index (χ2n) is 5.77. The number of benzene rings is 2. The molecule has 3 aromatic rings. The number of methoxy groups -OCH3 is 2. The zero-order valence-electron chi connectivity index (χ0n) is 15.3.